The van der Waals surface area contributed by atoms with Gasteiger partial charge in [-0.05, 0) is 43.0 Å². The first-order valence-electron chi connectivity index (χ1n) is 5.92. The van der Waals surface area contributed by atoms with Crippen LogP contribution in [0.2, 0.25) is 0 Å². The van der Waals surface area contributed by atoms with E-state index < -0.39 is 9.84 Å². The van der Waals surface area contributed by atoms with Crippen molar-refractivity contribution in [2.45, 2.75) is 17.7 Å². The van der Waals surface area contributed by atoms with Gasteiger partial charge in [-0.3, -0.25) is 0 Å². The first kappa shape index (κ1) is 13.1. The van der Waals surface area contributed by atoms with E-state index in [1.165, 1.54) is 37.1 Å². The SMILES string of the molecule is N#Cc1ccc(S(=O)(=O)CCOCC2CC2)cc1. The van der Waals surface area contributed by atoms with Crippen LogP contribution in [0, 0.1) is 17.2 Å². The highest BCUT2D eigenvalue weighted by atomic mass is 32.2. The minimum atomic E-state index is -3.30. The van der Waals surface area contributed by atoms with Crippen LogP contribution in [0.1, 0.15) is 18.4 Å². The summed E-state index contributed by atoms with van der Waals surface area (Å²) in [7, 11) is -3.30. The number of benzene rings is 1. The molecule has 1 aromatic rings. The van der Waals surface area contributed by atoms with Crippen LogP contribution >= 0.6 is 0 Å². The minimum absolute atomic E-state index is 0.00831. The fraction of sp³-hybridized carbons (Fsp3) is 0.462. The molecule has 1 fully saturated rings. The summed E-state index contributed by atoms with van der Waals surface area (Å²) in [4.78, 5) is 0.247. The van der Waals surface area contributed by atoms with Gasteiger partial charge < -0.3 is 4.74 Å². The summed E-state index contributed by atoms with van der Waals surface area (Å²) >= 11 is 0. The van der Waals surface area contributed by atoms with Gasteiger partial charge in [-0.2, -0.15) is 5.26 Å². The van der Waals surface area contributed by atoms with Gasteiger partial charge in [0.25, 0.3) is 0 Å². The van der Waals surface area contributed by atoms with E-state index in [9.17, 15) is 8.42 Å². The molecule has 0 unspecified atom stereocenters. The molecule has 18 heavy (non-hydrogen) atoms. The van der Waals surface area contributed by atoms with Gasteiger partial charge in [-0.25, -0.2) is 8.42 Å². The predicted octanol–water partition coefficient (Wildman–Crippen LogP) is 1.76. The van der Waals surface area contributed by atoms with Crippen LogP contribution in [-0.4, -0.2) is 27.4 Å². The Morgan fingerprint density at radius 2 is 1.94 bits per heavy atom. The molecule has 2 rings (SSSR count). The van der Waals surface area contributed by atoms with E-state index in [1.54, 1.807) is 0 Å². The number of hydrogen-bond acceptors (Lipinski definition) is 4. The Kier molecular flexibility index (Phi) is 4.00. The van der Waals surface area contributed by atoms with Crippen LogP contribution < -0.4 is 0 Å². The van der Waals surface area contributed by atoms with Crippen LogP contribution in [0.15, 0.2) is 29.2 Å². The maximum Gasteiger partial charge on any atom is 0.180 e. The second kappa shape index (κ2) is 5.51. The molecule has 1 saturated carbocycles. The summed E-state index contributed by atoms with van der Waals surface area (Å²) in [6.45, 7) is 0.904. The van der Waals surface area contributed by atoms with E-state index >= 15 is 0 Å². The Morgan fingerprint density at radius 3 is 2.50 bits per heavy atom. The third-order valence-corrected chi connectivity index (χ3v) is 4.58. The van der Waals surface area contributed by atoms with Crippen LogP contribution in [0.4, 0.5) is 0 Å². The van der Waals surface area contributed by atoms with Crippen molar-refractivity contribution in [1.82, 2.24) is 0 Å². The zero-order chi connectivity index (χ0) is 13.0. The zero-order valence-corrected chi connectivity index (χ0v) is 10.8. The summed E-state index contributed by atoms with van der Waals surface area (Å²) in [6, 6.07) is 7.92. The summed E-state index contributed by atoms with van der Waals surface area (Å²) in [5.41, 5.74) is 0.457. The van der Waals surface area contributed by atoms with Gasteiger partial charge >= 0.3 is 0 Å². The molecule has 0 aliphatic heterocycles. The molecular weight excluding hydrogens is 250 g/mol. The van der Waals surface area contributed by atoms with Crippen molar-refractivity contribution < 1.29 is 13.2 Å². The molecule has 0 radical (unpaired) electrons. The summed E-state index contributed by atoms with van der Waals surface area (Å²) in [5.74, 6) is 0.633. The van der Waals surface area contributed by atoms with Gasteiger partial charge in [0, 0.05) is 6.61 Å². The second-order valence-corrected chi connectivity index (χ2v) is 6.58. The van der Waals surface area contributed by atoms with Crippen molar-refractivity contribution in [2.24, 2.45) is 5.92 Å². The van der Waals surface area contributed by atoms with E-state index in [2.05, 4.69) is 0 Å². The van der Waals surface area contributed by atoms with E-state index in [0.717, 1.165) is 0 Å². The molecular formula is C13H15NO3S. The molecule has 1 aliphatic carbocycles. The molecule has 1 aliphatic rings. The van der Waals surface area contributed by atoms with Crippen molar-refractivity contribution in [2.75, 3.05) is 19.0 Å². The third kappa shape index (κ3) is 3.56. The van der Waals surface area contributed by atoms with Crippen LogP contribution in [-0.2, 0) is 14.6 Å². The van der Waals surface area contributed by atoms with Crippen LogP contribution in [0.5, 0.6) is 0 Å². The molecule has 1 aromatic carbocycles. The largest absolute Gasteiger partial charge is 0.380 e. The van der Waals surface area contributed by atoms with Crippen molar-refractivity contribution >= 4 is 9.84 Å². The molecule has 0 amide bonds. The van der Waals surface area contributed by atoms with Gasteiger partial charge in [0.1, 0.15) is 0 Å². The van der Waals surface area contributed by atoms with E-state index in [4.69, 9.17) is 10.00 Å². The maximum atomic E-state index is 11.9. The van der Waals surface area contributed by atoms with Crippen molar-refractivity contribution in [3.05, 3.63) is 29.8 Å². The third-order valence-electron chi connectivity index (χ3n) is 2.89. The molecule has 0 aromatic heterocycles. The first-order valence-corrected chi connectivity index (χ1v) is 7.58. The molecule has 5 heteroatoms. The normalized spacial score (nSPS) is 15.3. The van der Waals surface area contributed by atoms with Crippen molar-refractivity contribution in [3.8, 4) is 6.07 Å². The summed E-state index contributed by atoms with van der Waals surface area (Å²) in [6.07, 6.45) is 2.39. The lowest BCUT2D eigenvalue weighted by molar-refractivity contribution is 0.138. The predicted molar refractivity (Wildman–Crippen MR) is 66.8 cm³/mol. The Bertz CT molecular complexity index is 539. The first-order chi connectivity index (χ1) is 8.62. The Balaban J connectivity index is 1.89. The standard InChI is InChI=1S/C13H15NO3S/c14-9-11-3-5-13(6-4-11)18(15,16)8-7-17-10-12-1-2-12/h3-6,12H,1-2,7-8,10H2. The molecule has 0 spiro atoms. The van der Waals surface area contributed by atoms with E-state index in [-0.39, 0.29) is 17.3 Å². The average molecular weight is 265 g/mol. The van der Waals surface area contributed by atoms with Crippen molar-refractivity contribution in [3.63, 3.8) is 0 Å². The number of nitrogens with zero attached hydrogens (tertiary/aromatic N) is 1. The van der Waals surface area contributed by atoms with E-state index in [0.29, 0.717) is 18.1 Å². The summed E-state index contributed by atoms with van der Waals surface area (Å²) in [5, 5.41) is 8.64. The highest BCUT2D eigenvalue weighted by Crippen LogP contribution is 2.28. The van der Waals surface area contributed by atoms with Gasteiger partial charge in [-0.1, -0.05) is 0 Å². The zero-order valence-electron chi connectivity index (χ0n) is 10.0. The Hall–Kier alpha value is -1.38. The lowest BCUT2D eigenvalue weighted by Gasteiger charge is -2.05. The fourth-order valence-electron chi connectivity index (χ4n) is 1.56. The van der Waals surface area contributed by atoms with Gasteiger partial charge in [0.05, 0.1) is 28.9 Å². The quantitative estimate of drug-likeness (QED) is 0.735. The van der Waals surface area contributed by atoms with Crippen molar-refractivity contribution in [1.29, 1.82) is 5.26 Å². The number of rotatable bonds is 6. The summed E-state index contributed by atoms with van der Waals surface area (Å²) < 4.78 is 29.2. The molecule has 0 saturated heterocycles. The average Bonchev–Trinajstić information content (AvgIpc) is 3.19. The number of sulfone groups is 1. The van der Waals surface area contributed by atoms with E-state index in [1.807, 2.05) is 6.07 Å². The second-order valence-electron chi connectivity index (χ2n) is 4.47. The number of hydrogen-bond donors (Lipinski definition) is 0. The minimum Gasteiger partial charge on any atom is -0.380 e. The monoisotopic (exact) mass is 265 g/mol. The molecule has 0 atom stereocenters. The lowest BCUT2D eigenvalue weighted by Crippen LogP contribution is -2.13. The van der Waals surface area contributed by atoms with Gasteiger partial charge in [0.15, 0.2) is 9.84 Å². The molecule has 0 heterocycles. The fourth-order valence-corrected chi connectivity index (χ4v) is 2.68. The lowest BCUT2D eigenvalue weighted by atomic mass is 10.2. The van der Waals surface area contributed by atoms with Gasteiger partial charge in [-0.15, -0.1) is 0 Å². The molecule has 4 nitrogen and oxygen atoms in total. The highest BCUT2D eigenvalue weighted by Gasteiger charge is 2.21. The molecule has 96 valence electrons. The topological polar surface area (TPSA) is 67.2 Å². The molecule has 0 bridgehead atoms. The van der Waals surface area contributed by atoms with Crippen LogP contribution in [0.25, 0.3) is 0 Å². The smallest absolute Gasteiger partial charge is 0.180 e. The van der Waals surface area contributed by atoms with Crippen LogP contribution in [0.3, 0.4) is 0 Å². The Morgan fingerprint density at radius 1 is 1.28 bits per heavy atom. The highest BCUT2D eigenvalue weighted by molar-refractivity contribution is 7.91. The number of ether oxygens (including phenoxy) is 1. The maximum absolute atomic E-state index is 11.9. The molecule has 0 N–H and O–H groups in total. The van der Waals surface area contributed by atoms with Gasteiger partial charge in [0.2, 0.25) is 0 Å². The number of nitriles is 1. The Labute approximate surface area is 107 Å².